The lowest BCUT2D eigenvalue weighted by atomic mass is 10.1. The summed E-state index contributed by atoms with van der Waals surface area (Å²) in [7, 11) is 1.62. The summed E-state index contributed by atoms with van der Waals surface area (Å²) in [4.78, 5) is 40.1. The van der Waals surface area contributed by atoms with Crippen LogP contribution in [0.15, 0.2) is 42.5 Å². The number of rotatable bonds is 6. The molecule has 154 valence electrons. The molecular formula is C22H22N4O4. The molecule has 1 aliphatic heterocycles. The van der Waals surface area contributed by atoms with Gasteiger partial charge in [0.25, 0.3) is 5.91 Å². The molecule has 0 bridgehead atoms. The average molecular weight is 406 g/mol. The zero-order valence-electron chi connectivity index (χ0n) is 16.8. The number of ether oxygens (including phenoxy) is 1. The molecule has 0 aromatic heterocycles. The summed E-state index contributed by atoms with van der Waals surface area (Å²) >= 11 is 0. The van der Waals surface area contributed by atoms with Gasteiger partial charge in [-0.3, -0.25) is 14.4 Å². The molecule has 0 spiro atoms. The predicted molar refractivity (Wildman–Crippen MR) is 111 cm³/mol. The maximum Gasteiger partial charge on any atom is 0.307 e. The lowest BCUT2D eigenvalue weighted by Crippen LogP contribution is -2.39. The van der Waals surface area contributed by atoms with Crippen LogP contribution in [0.2, 0.25) is 0 Å². The largest absolute Gasteiger partial charge is 0.466 e. The Kier molecular flexibility index (Phi) is 6.32. The number of carbonyl (C=O) groups excluding carboxylic acids is 3. The van der Waals surface area contributed by atoms with Gasteiger partial charge in [0.2, 0.25) is 5.91 Å². The summed E-state index contributed by atoms with van der Waals surface area (Å²) in [5.74, 6) is -0.971. The number of hydrogen-bond donors (Lipinski definition) is 1. The summed E-state index contributed by atoms with van der Waals surface area (Å²) in [5.41, 5.74) is 2.86. The number of likely N-dealkylation sites (N-methyl/N-ethyl adjacent to an activating group) is 1. The van der Waals surface area contributed by atoms with Crippen LogP contribution < -0.4 is 10.2 Å². The quantitative estimate of drug-likeness (QED) is 0.740. The van der Waals surface area contributed by atoms with E-state index >= 15 is 0 Å². The van der Waals surface area contributed by atoms with Gasteiger partial charge in [-0.1, -0.05) is 0 Å². The summed E-state index contributed by atoms with van der Waals surface area (Å²) in [5, 5.41) is 12.1. The molecule has 2 aromatic rings. The molecule has 2 aromatic carbocycles. The number of hydrogen-bond acceptors (Lipinski definition) is 6. The Morgan fingerprint density at radius 2 is 1.87 bits per heavy atom. The first kappa shape index (κ1) is 20.9. The summed E-state index contributed by atoms with van der Waals surface area (Å²) in [6, 6.07) is 14.2. The molecule has 0 aliphatic carbocycles. The van der Waals surface area contributed by atoms with Crippen LogP contribution in [-0.2, 0) is 14.3 Å². The minimum atomic E-state index is -0.410. The number of anilines is 3. The molecule has 0 radical (unpaired) electrons. The minimum absolute atomic E-state index is 0.0229. The third-order valence-corrected chi connectivity index (χ3v) is 4.77. The molecule has 0 saturated carbocycles. The van der Waals surface area contributed by atoms with Gasteiger partial charge in [-0.05, 0) is 49.4 Å². The molecule has 2 amide bonds. The van der Waals surface area contributed by atoms with Crippen LogP contribution in [0.3, 0.4) is 0 Å². The maximum absolute atomic E-state index is 13.1. The molecule has 0 saturated heterocycles. The van der Waals surface area contributed by atoms with E-state index in [1.807, 2.05) is 0 Å². The fraction of sp³-hybridized carbons (Fsp3) is 0.273. The Hall–Kier alpha value is -3.86. The van der Waals surface area contributed by atoms with Crippen molar-refractivity contribution in [3.8, 4) is 6.07 Å². The standard InChI is InChI=1S/C22H22N4O4/c1-3-30-21(28)10-11-26-14-20(27)25(2)19-9-8-17(12-18(19)22(26)29)24-16-6-4-15(13-23)5-7-16/h4-9,12,24H,3,10-11,14H2,1-2H3. The maximum atomic E-state index is 13.1. The van der Waals surface area contributed by atoms with Crippen molar-refractivity contribution in [2.45, 2.75) is 13.3 Å². The van der Waals surface area contributed by atoms with E-state index in [4.69, 9.17) is 10.00 Å². The zero-order valence-corrected chi connectivity index (χ0v) is 16.8. The second-order valence-electron chi connectivity index (χ2n) is 6.78. The highest BCUT2D eigenvalue weighted by molar-refractivity contribution is 6.10. The number of carbonyl (C=O) groups is 3. The normalized spacial score (nSPS) is 13.4. The van der Waals surface area contributed by atoms with Gasteiger partial charge in [-0.2, -0.15) is 5.26 Å². The van der Waals surface area contributed by atoms with Gasteiger partial charge in [-0.25, -0.2) is 0 Å². The van der Waals surface area contributed by atoms with E-state index in [1.54, 1.807) is 56.4 Å². The van der Waals surface area contributed by atoms with E-state index in [9.17, 15) is 14.4 Å². The van der Waals surface area contributed by atoms with Crippen LogP contribution in [0, 0.1) is 11.3 Å². The zero-order chi connectivity index (χ0) is 21.7. The summed E-state index contributed by atoms with van der Waals surface area (Å²) in [6.45, 7) is 1.97. The number of fused-ring (bicyclic) bond motifs is 1. The second-order valence-corrected chi connectivity index (χ2v) is 6.78. The number of amides is 2. The third-order valence-electron chi connectivity index (χ3n) is 4.77. The van der Waals surface area contributed by atoms with Crippen molar-refractivity contribution in [1.29, 1.82) is 5.26 Å². The van der Waals surface area contributed by atoms with Crippen LogP contribution in [0.5, 0.6) is 0 Å². The number of nitriles is 1. The van der Waals surface area contributed by atoms with Crippen molar-refractivity contribution >= 4 is 34.8 Å². The Morgan fingerprint density at radius 1 is 1.17 bits per heavy atom. The van der Waals surface area contributed by atoms with E-state index in [2.05, 4.69) is 11.4 Å². The van der Waals surface area contributed by atoms with Gasteiger partial charge in [0, 0.05) is 25.0 Å². The smallest absolute Gasteiger partial charge is 0.307 e. The van der Waals surface area contributed by atoms with Crippen LogP contribution in [0.4, 0.5) is 17.1 Å². The third kappa shape index (κ3) is 4.58. The van der Waals surface area contributed by atoms with Crippen molar-refractivity contribution in [3.63, 3.8) is 0 Å². The highest BCUT2D eigenvalue weighted by Gasteiger charge is 2.30. The Balaban J connectivity index is 1.85. The van der Waals surface area contributed by atoms with Crippen LogP contribution in [0.1, 0.15) is 29.3 Å². The van der Waals surface area contributed by atoms with Gasteiger partial charge in [-0.15, -0.1) is 0 Å². The van der Waals surface area contributed by atoms with Crippen molar-refractivity contribution in [2.24, 2.45) is 0 Å². The molecule has 1 aliphatic rings. The van der Waals surface area contributed by atoms with E-state index in [0.717, 1.165) is 5.69 Å². The number of nitrogens with one attached hydrogen (secondary N) is 1. The molecule has 3 rings (SSSR count). The molecular weight excluding hydrogens is 384 g/mol. The van der Waals surface area contributed by atoms with Crippen LogP contribution >= 0.6 is 0 Å². The highest BCUT2D eigenvalue weighted by atomic mass is 16.5. The van der Waals surface area contributed by atoms with Crippen molar-refractivity contribution in [3.05, 3.63) is 53.6 Å². The predicted octanol–water partition coefficient (Wildman–Crippen LogP) is 2.67. The number of esters is 1. The lowest BCUT2D eigenvalue weighted by molar-refractivity contribution is -0.143. The lowest BCUT2D eigenvalue weighted by Gasteiger charge is -2.19. The fourth-order valence-electron chi connectivity index (χ4n) is 3.16. The first-order valence-corrected chi connectivity index (χ1v) is 9.55. The molecule has 0 unspecified atom stereocenters. The molecule has 0 atom stereocenters. The Bertz CT molecular complexity index is 1010. The summed E-state index contributed by atoms with van der Waals surface area (Å²) < 4.78 is 4.92. The van der Waals surface area contributed by atoms with E-state index in [1.165, 1.54) is 9.80 Å². The Labute approximate surface area is 174 Å². The van der Waals surface area contributed by atoms with E-state index in [-0.39, 0.29) is 37.9 Å². The second kappa shape index (κ2) is 9.09. The van der Waals surface area contributed by atoms with E-state index in [0.29, 0.717) is 22.5 Å². The molecule has 1 N–H and O–H groups in total. The first-order valence-electron chi connectivity index (χ1n) is 9.55. The molecule has 0 fully saturated rings. The monoisotopic (exact) mass is 406 g/mol. The van der Waals surface area contributed by atoms with Crippen LogP contribution in [0.25, 0.3) is 0 Å². The van der Waals surface area contributed by atoms with E-state index < -0.39 is 5.97 Å². The molecule has 8 heteroatoms. The molecule has 30 heavy (non-hydrogen) atoms. The fourth-order valence-corrected chi connectivity index (χ4v) is 3.16. The van der Waals surface area contributed by atoms with Gasteiger partial charge < -0.3 is 19.9 Å². The average Bonchev–Trinajstić information content (AvgIpc) is 2.83. The van der Waals surface area contributed by atoms with Crippen molar-refractivity contribution in [1.82, 2.24) is 4.90 Å². The van der Waals surface area contributed by atoms with Gasteiger partial charge in [0.05, 0.1) is 35.9 Å². The highest BCUT2D eigenvalue weighted by Crippen LogP contribution is 2.29. The number of benzene rings is 2. The van der Waals surface area contributed by atoms with Gasteiger partial charge in [0.15, 0.2) is 0 Å². The molecule has 8 nitrogen and oxygen atoms in total. The Morgan fingerprint density at radius 3 is 2.53 bits per heavy atom. The van der Waals surface area contributed by atoms with Crippen molar-refractivity contribution in [2.75, 3.05) is 37.0 Å². The minimum Gasteiger partial charge on any atom is -0.466 e. The van der Waals surface area contributed by atoms with Crippen molar-refractivity contribution < 1.29 is 19.1 Å². The van der Waals surface area contributed by atoms with Crippen LogP contribution in [-0.4, -0.2) is 49.4 Å². The number of nitrogens with zero attached hydrogens (tertiary/aromatic N) is 3. The summed E-state index contributed by atoms with van der Waals surface area (Å²) in [6.07, 6.45) is 0.0229. The topological polar surface area (TPSA) is 103 Å². The van der Waals surface area contributed by atoms with Gasteiger partial charge >= 0.3 is 5.97 Å². The molecule has 1 heterocycles. The SMILES string of the molecule is CCOC(=O)CCN1CC(=O)N(C)c2ccc(Nc3ccc(C#N)cc3)cc2C1=O. The first-order chi connectivity index (χ1) is 14.4. The van der Waals surface area contributed by atoms with Gasteiger partial charge in [0.1, 0.15) is 6.54 Å².